The number of methoxy groups -OCH3 is 1. The normalized spacial score (nSPS) is 14.8. The number of imide groups is 1. The number of likely N-dealkylation sites (N-methyl/N-ethyl adjacent to an activating group) is 1. The third-order valence-corrected chi connectivity index (χ3v) is 3.53. The highest BCUT2D eigenvalue weighted by Gasteiger charge is 2.29. The van der Waals surface area contributed by atoms with Crippen LogP contribution in [0.1, 0.15) is 18.4 Å². The number of ether oxygens (including phenoxy) is 1. The Morgan fingerprint density at radius 3 is 2.50 bits per heavy atom. The van der Waals surface area contributed by atoms with Crippen molar-refractivity contribution in [1.29, 1.82) is 0 Å². The fraction of sp³-hybridized carbons (Fsp3) is 0.467. The molecule has 0 unspecified atom stereocenters. The molecule has 20 heavy (non-hydrogen) atoms. The lowest BCUT2D eigenvalue weighted by Gasteiger charge is -2.13. The van der Waals surface area contributed by atoms with E-state index in [-0.39, 0.29) is 11.9 Å². The van der Waals surface area contributed by atoms with Crippen molar-refractivity contribution in [3.63, 3.8) is 0 Å². The largest absolute Gasteiger partial charge is 0.497 e. The number of aryl methyl sites for hydroxylation is 1. The molecule has 5 heteroatoms. The molecule has 0 aromatic heterocycles. The number of hydrogen-bond acceptors (Lipinski definition) is 3. The monoisotopic (exact) mass is 276 g/mol. The molecule has 1 aliphatic heterocycles. The molecule has 0 saturated carbocycles. The first-order valence-corrected chi connectivity index (χ1v) is 6.80. The van der Waals surface area contributed by atoms with Crippen molar-refractivity contribution in [3.05, 3.63) is 29.8 Å². The zero-order chi connectivity index (χ0) is 14.5. The molecule has 0 aliphatic carbocycles. The number of amides is 3. The van der Waals surface area contributed by atoms with Crippen LogP contribution >= 0.6 is 0 Å². The van der Waals surface area contributed by atoms with E-state index in [2.05, 4.69) is 0 Å². The minimum Gasteiger partial charge on any atom is -0.497 e. The Morgan fingerprint density at radius 2 is 1.95 bits per heavy atom. The van der Waals surface area contributed by atoms with Crippen LogP contribution in [0.25, 0.3) is 0 Å². The Bertz CT molecular complexity index is 484. The minimum atomic E-state index is -0.181. The molecule has 0 atom stereocenters. The number of carbonyl (C=O) groups excluding carboxylic acids is 2. The van der Waals surface area contributed by atoms with Crippen LogP contribution in [0.15, 0.2) is 24.3 Å². The van der Waals surface area contributed by atoms with Crippen molar-refractivity contribution >= 4 is 11.9 Å². The third kappa shape index (κ3) is 3.29. The minimum absolute atomic E-state index is 0.0761. The van der Waals surface area contributed by atoms with Gasteiger partial charge in [0, 0.05) is 26.6 Å². The second-order valence-corrected chi connectivity index (χ2v) is 4.95. The molecule has 2 rings (SSSR count). The highest BCUT2D eigenvalue weighted by Crippen LogP contribution is 2.14. The van der Waals surface area contributed by atoms with Crippen LogP contribution in [0.3, 0.4) is 0 Å². The average molecular weight is 276 g/mol. The lowest BCUT2D eigenvalue weighted by Crippen LogP contribution is -2.34. The first-order chi connectivity index (χ1) is 9.61. The molecule has 1 aromatic carbocycles. The lowest BCUT2D eigenvalue weighted by molar-refractivity contribution is -0.127. The highest BCUT2D eigenvalue weighted by molar-refractivity contribution is 5.95. The smallest absolute Gasteiger partial charge is 0.326 e. The lowest BCUT2D eigenvalue weighted by atomic mass is 10.1. The summed E-state index contributed by atoms with van der Waals surface area (Å²) in [5, 5.41) is 0. The average Bonchev–Trinajstić information content (AvgIpc) is 2.80. The molecule has 0 bridgehead atoms. The Hall–Kier alpha value is -2.04. The van der Waals surface area contributed by atoms with Crippen LogP contribution in [-0.4, -0.2) is 49.0 Å². The summed E-state index contributed by atoms with van der Waals surface area (Å²) < 4.78 is 5.10. The van der Waals surface area contributed by atoms with Gasteiger partial charge in [0.1, 0.15) is 5.75 Å². The summed E-state index contributed by atoms with van der Waals surface area (Å²) in [4.78, 5) is 26.5. The predicted molar refractivity (Wildman–Crippen MR) is 75.7 cm³/mol. The number of hydrogen-bond donors (Lipinski definition) is 0. The highest BCUT2D eigenvalue weighted by atomic mass is 16.5. The van der Waals surface area contributed by atoms with Gasteiger partial charge in [-0.2, -0.15) is 0 Å². The number of nitrogens with zero attached hydrogens (tertiary/aromatic N) is 2. The van der Waals surface area contributed by atoms with Gasteiger partial charge in [-0.3, -0.25) is 9.69 Å². The first kappa shape index (κ1) is 14.4. The summed E-state index contributed by atoms with van der Waals surface area (Å²) in [6.07, 6.45) is 1.98. The van der Waals surface area contributed by atoms with E-state index < -0.39 is 0 Å². The van der Waals surface area contributed by atoms with E-state index in [9.17, 15) is 9.59 Å². The fourth-order valence-electron chi connectivity index (χ4n) is 2.25. The van der Waals surface area contributed by atoms with E-state index in [4.69, 9.17) is 4.74 Å². The Labute approximate surface area is 119 Å². The molecule has 1 aromatic rings. The quantitative estimate of drug-likeness (QED) is 0.825. The van der Waals surface area contributed by atoms with Gasteiger partial charge in [0.05, 0.1) is 7.11 Å². The predicted octanol–water partition coefficient (Wildman–Crippen LogP) is 1.91. The van der Waals surface area contributed by atoms with E-state index in [1.165, 1.54) is 10.5 Å². The van der Waals surface area contributed by atoms with Gasteiger partial charge in [0.15, 0.2) is 0 Å². The molecule has 3 amide bonds. The van der Waals surface area contributed by atoms with Crippen LogP contribution in [0.4, 0.5) is 4.79 Å². The molecule has 1 fully saturated rings. The Kier molecular flexibility index (Phi) is 4.61. The van der Waals surface area contributed by atoms with Crippen LogP contribution < -0.4 is 4.74 Å². The van der Waals surface area contributed by atoms with Gasteiger partial charge in [-0.15, -0.1) is 0 Å². The zero-order valence-corrected chi connectivity index (χ0v) is 12.0. The van der Waals surface area contributed by atoms with Gasteiger partial charge in [-0.05, 0) is 30.5 Å². The summed E-state index contributed by atoms with van der Waals surface area (Å²) in [6.45, 7) is 1.14. The summed E-state index contributed by atoms with van der Waals surface area (Å²) in [5.41, 5.74) is 1.17. The van der Waals surface area contributed by atoms with Crippen LogP contribution in [0, 0.1) is 0 Å². The summed E-state index contributed by atoms with van der Waals surface area (Å²) in [7, 11) is 3.35. The van der Waals surface area contributed by atoms with Gasteiger partial charge in [-0.25, -0.2) is 4.79 Å². The fourth-order valence-corrected chi connectivity index (χ4v) is 2.25. The van der Waals surface area contributed by atoms with Crippen LogP contribution in [-0.2, 0) is 11.2 Å². The molecule has 0 N–H and O–H groups in total. The van der Waals surface area contributed by atoms with Gasteiger partial charge in [0.25, 0.3) is 0 Å². The standard InChI is InChI=1S/C15H20N2O3/c1-16-10-11-17(15(16)19)14(18)5-3-4-12-6-8-13(20-2)9-7-12/h6-9H,3-5,10-11H2,1-2H3. The van der Waals surface area contributed by atoms with Gasteiger partial charge < -0.3 is 9.64 Å². The Morgan fingerprint density at radius 1 is 1.25 bits per heavy atom. The van der Waals surface area contributed by atoms with Crippen molar-refractivity contribution in [1.82, 2.24) is 9.80 Å². The molecular formula is C15H20N2O3. The molecule has 0 radical (unpaired) electrons. The van der Waals surface area contributed by atoms with Crippen molar-refractivity contribution in [3.8, 4) is 5.75 Å². The van der Waals surface area contributed by atoms with E-state index in [1.807, 2.05) is 24.3 Å². The van der Waals surface area contributed by atoms with Crippen LogP contribution in [0.2, 0.25) is 0 Å². The molecule has 5 nitrogen and oxygen atoms in total. The van der Waals surface area contributed by atoms with Crippen molar-refractivity contribution in [2.75, 3.05) is 27.2 Å². The number of benzene rings is 1. The first-order valence-electron chi connectivity index (χ1n) is 6.80. The number of carbonyl (C=O) groups is 2. The maximum atomic E-state index is 12.0. The van der Waals surface area contributed by atoms with E-state index >= 15 is 0 Å². The van der Waals surface area contributed by atoms with Crippen molar-refractivity contribution < 1.29 is 14.3 Å². The summed E-state index contributed by atoms with van der Waals surface area (Å²) in [6, 6.07) is 7.64. The van der Waals surface area contributed by atoms with Gasteiger partial charge >= 0.3 is 6.03 Å². The van der Waals surface area contributed by atoms with Crippen molar-refractivity contribution in [2.24, 2.45) is 0 Å². The summed E-state index contributed by atoms with van der Waals surface area (Å²) >= 11 is 0. The molecule has 0 spiro atoms. The van der Waals surface area contributed by atoms with Gasteiger partial charge in [-0.1, -0.05) is 12.1 Å². The van der Waals surface area contributed by atoms with Gasteiger partial charge in [0.2, 0.25) is 5.91 Å². The third-order valence-electron chi connectivity index (χ3n) is 3.53. The molecule has 108 valence electrons. The SMILES string of the molecule is COc1ccc(CCCC(=O)N2CCN(C)C2=O)cc1. The molecular weight excluding hydrogens is 256 g/mol. The second kappa shape index (κ2) is 6.41. The van der Waals surface area contributed by atoms with Crippen LogP contribution in [0.5, 0.6) is 5.75 Å². The topological polar surface area (TPSA) is 49.9 Å². The molecule has 1 saturated heterocycles. The second-order valence-electron chi connectivity index (χ2n) is 4.95. The maximum absolute atomic E-state index is 12.0. The van der Waals surface area contributed by atoms with E-state index in [0.29, 0.717) is 19.5 Å². The summed E-state index contributed by atoms with van der Waals surface area (Å²) in [5.74, 6) is 0.753. The number of urea groups is 1. The zero-order valence-electron chi connectivity index (χ0n) is 12.0. The van der Waals surface area contributed by atoms with Crippen molar-refractivity contribution in [2.45, 2.75) is 19.3 Å². The van der Waals surface area contributed by atoms with E-state index in [1.54, 1.807) is 19.1 Å². The molecule has 1 heterocycles. The molecule has 1 aliphatic rings. The Balaban J connectivity index is 1.77. The number of rotatable bonds is 5. The van der Waals surface area contributed by atoms with E-state index in [0.717, 1.165) is 18.6 Å². The maximum Gasteiger partial charge on any atom is 0.326 e.